The lowest BCUT2D eigenvalue weighted by Gasteiger charge is -2.09. The third kappa shape index (κ3) is 1.98. The van der Waals surface area contributed by atoms with Crippen molar-refractivity contribution < 1.29 is 0 Å². The summed E-state index contributed by atoms with van der Waals surface area (Å²) in [6, 6.07) is 8.17. The lowest BCUT2D eigenvalue weighted by atomic mass is 10.0. The Bertz CT molecular complexity index is 928. The Morgan fingerprint density at radius 2 is 1.90 bits per heavy atom. The van der Waals surface area contributed by atoms with Crippen LogP contribution in [-0.4, -0.2) is 9.97 Å². The van der Waals surface area contributed by atoms with E-state index in [9.17, 15) is 9.59 Å². The van der Waals surface area contributed by atoms with E-state index in [2.05, 4.69) is 9.97 Å². The molecule has 1 aromatic carbocycles. The van der Waals surface area contributed by atoms with Crippen molar-refractivity contribution in [3.8, 4) is 11.1 Å². The number of H-pyrrole nitrogens is 2. The Kier molecular flexibility index (Phi) is 2.84. The molecule has 0 atom stereocenters. The normalized spacial score (nSPS) is 10.8. The quantitative estimate of drug-likeness (QED) is 0.640. The number of nitrogen functional groups attached to an aromatic ring is 1. The zero-order chi connectivity index (χ0) is 14.3. The van der Waals surface area contributed by atoms with Gasteiger partial charge in [-0.25, -0.2) is 0 Å². The lowest BCUT2D eigenvalue weighted by Crippen LogP contribution is -2.14. The van der Waals surface area contributed by atoms with Gasteiger partial charge in [0, 0.05) is 33.8 Å². The molecule has 3 rings (SSSR count). The van der Waals surface area contributed by atoms with E-state index in [4.69, 9.17) is 17.3 Å². The molecule has 3 aromatic rings. The van der Waals surface area contributed by atoms with Gasteiger partial charge in [0.15, 0.2) is 0 Å². The van der Waals surface area contributed by atoms with Crippen LogP contribution < -0.4 is 16.9 Å². The molecule has 0 bridgehead atoms. The molecule has 6 heteroatoms. The van der Waals surface area contributed by atoms with Crippen LogP contribution in [0.4, 0.5) is 5.69 Å². The molecule has 20 heavy (non-hydrogen) atoms. The van der Waals surface area contributed by atoms with Gasteiger partial charge in [0.1, 0.15) is 5.69 Å². The summed E-state index contributed by atoms with van der Waals surface area (Å²) in [5.41, 5.74) is 6.98. The van der Waals surface area contributed by atoms with Gasteiger partial charge in [0.2, 0.25) is 5.56 Å². The summed E-state index contributed by atoms with van der Waals surface area (Å²) in [7, 11) is 0. The van der Waals surface area contributed by atoms with Gasteiger partial charge in [0.25, 0.3) is 5.56 Å². The van der Waals surface area contributed by atoms with E-state index in [0.717, 1.165) is 0 Å². The molecule has 0 radical (unpaired) electrons. The van der Waals surface area contributed by atoms with Crippen molar-refractivity contribution in [2.45, 2.75) is 0 Å². The first-order valence-electron chi connectivity index (χ1n) is 5.86. The second kappa shape index (κ2) is 4.54. The summed E-state index contributed by atoms with van der Waals surface area (Å²) in [6.07, 6.45) is 1.51. The largest absolute Gasteiger partial charge is 0.394 e. The van der Waals surface area contributed by atoms with Gasteiger partial charge in [-0.3, -0.25) is 9.59 Å². The fraction of sp³-hybridized carbons (Fsp3) is 0. The molecule has 0 fully saturated rings. The minimum atomic E-state index is -0.393. The van der Waals surface area contributed by atoms with Gasteiger partial charge < -0.3 is 15.7 Å². The van der Waals surface area contributed by atoms with Crippen LogP contribution in [-0.2, 0) is 0 Å². The number of benzene rings is 1. The predicted octanol–water partition coefficient (Wildman–Crippen LogP) is 2.12. The van der Waals surface area contributed by atoms with Gasteiger partial charge in [0.05, 0.1) is 0 Å². The number of nitrogens with one attached hydrogen (secondary N) is 2. The highest BCUT2D eigenvalue weighted by molar-refractivity contribution is 6.31. The maximum Gasteiger partial charge on any atom is 0.272 e. The van der Waals surface area contributed by atoms with Crippen LogP contribution in [0.3, 0.4) is 0 Å². The molecular formula is C14H10ClN3O2. The highest BCUT2D eigenvalue weighted by Gasteiger charge is 2.12. The summed E-state index contributed by atoms with van der Waals surface area (Å²) >= 11 is 6.00. The first-order valence-corrected chi connectivity index (χ1v) is 6.24. The summed E-state index contributed by atoms with van der Waals surface area (Å²) < 4.78 is 0. The van der Waals surface area contributed by atoms with Crippen molar-refractivity contribution in [1.82, 2.24) is 9.97 Å². The van der Waals surface area contributed by atoms with E-state index >= 15 is 0 Å². The summed E-state index contributed by atoms with van der Waals surface area (Å²) in [5.74, 6) is 0. The van der Waals surface area contributed by atoms with Gasteiger partial charge in [-0.05, 0) is 29.8 Å². The van der Waals surface area contributed by atoms with Crippen LogP contribution >= 0.6 is 11.6 Å². The maximum atomic E-state index is 11.9. The van der Waals surface area contributed by atoms with Gasteiger partial charge >= 0.3 is 0 Å². The van der Waals surface area contributed by atoms with Crippen molar-refractivity contribution in [1.29, 1.82) is 0 Å². The highest BCUT2D eigenvalue weighted by atomic mass is 35.5. The minimum Gasteiger partial charge on any atom is -0.394 e. The molecule has 0 spiro atoms. The Balaban J connectivity index is 2.50. The molecular weight excluding hydrogens is 278 g/mol. The number of nitrogens with two attached hydrogens (primary N) is 1. The molecule has 2 aromatic heterocycles. The topological polar surface area (TPSA) is 91.7 Å². The van der Waals surface area contributed by atoms with Gasteiger partial charge in [-0.1, -0.05) is 11.6 Å². The summed E-state index contributed by atoms with van der Waals surface area (Å²) in [5, 5.41) is 1.22. The number of rotatable bonds is 1. The molecule has 0 amide bonds. The number of anilines is 1. The van der Waals surface area contributed by atoms with Crippen LogP contribution in [0, 0.1) is 0 Å². The van der Waals surface area contributed by atoms with Crippen LogP contribution in [0.1, 0.15) is 0 Å². The number of pyridine rings is 2. The first kappa shape index (κ1) is 12.5. The SMILES string of the molecule is Nc1c(-c2cc[nH]c(=O)c2)c2cc(Cl)ccc2[nH]c1=O. The molecule has 4 N–H and O–H groups in total. The predicted molar refractivity (Wildman–Crippen MR) is 80.0 cm³/mol. The van der Waals surface area contributed by atoms with Crippen molar-refractivity contribution >= 4 is 28.2 Å². The number of halogens is 1. The van der Waals surface area contributed by atoms with E-state index < -0.39 is 5.56 Å². The lowest BCUT2D eigenvalue weighted by molar-refractivity contribution is 1.24. The summed E-state index contributed by atoms with van der Waals surface area (Å²) in [6.45, 7) is 0. The maximum absolute atomic E-state index is 11.9. The molecule has 0 saturated heterocycles. The number of fused-ring (bicyclic) bond motifs is 1. The number of aromatic amines is 2. The first-order chi connectivity index (χ1) is 9.56. The Labute approximate surface area is 118 Å². The Hall–Kier alpha value is -2.53. The minimum absolute atomic E-state index is 0.0605. The average molecular weight is 288 g/mol. The molecule has 5 nitrogen and oxygen atoms in total. The van der Waals surface area contributed by atoms with Crippen molar-refractivity contribution in [2.75, 3.05) is 5.73 Å². The fourth-order valence-corrected chi connectivity index (χ4v) is 2.36. The molecule has 0 aliphatic heterocycles. The zero-order valence-electron chi connectivity index (χ0n) is 10.2. The van der Waals surface area contributed by atoms with Crippen LogP contribution in [0.15, 0.2) is 46.1 Å². The molecule has 100 valence electrons. The highest BCUT2D eigenvalue weighted by Crippen LogP contribution is 2.31. The van der Waals surface area contributed by atoms with Crippen molar-refractivity contribution in [3.63, 3.8) is 0 Å². The average Bonchev–Trinajstić information content (AvgIpc) is 2.41. The third-order valence-electron chi connectivity index (χ3n) is 3.08. The monoisotopic (exact) mass is 287 g/mol. The van der Waals surface area contributed by atoms with E-state index in [-0.39, 0.29) is 11.2 Å². The smallest absolute Gasteiger partial charge is 0.272 e. The summed E-state index contributed by atoms with van der Waals surface area (Å²) in [4.78, 5) is 28.6. The number of hydrogen-bond donors (Lipinski definition) is 3. The number of aromatic nitrogens is 2. The Morgan fingerprint density at radius 3 is 2.65 bits per heavy atom. The van der Waals surface area contributed by atoms with Crippen LogP contribution in [0.2, 0.25) is 5.02 Å². The van der Waals surface area contributed by atoms with Gasteiger partial charge in [-0.15, -0.1) is 0 Å². The van der Waals surface area contributed by atoms with E-state index in [1.807, 2.05) is 0 Å². The van der Waals surface area contributed by atoms with Crippen molar-refractivity contribution in [2.24, 2.45) is 0 Å². The van der Waals surface area contributed by atoms with Gasteiger partial charge in [-0.2, -0.15) is 0 Å². The second-order valence-corrected chi connectivity index (χ2v) is 4.81. The molecule has 0 saturated carbocycles. The molecule has 0 unspecified atom stereocenters. The third-order valence-corrected chi connectivity index (χ3v) is 3.31. The molecule has 0 aliphatic rings. The Morgan fingerprint density at radius 1 is 1.10 bits per heavy atom. The molecule has 2 heterocycles. The van der Waals surface area contributed by atoms with E-state index in [0.29, 0.717) is 27.1 Å². The second-order valence-electron chi connectivity index (χ2n) is 4.37. The van der Waals surface area contributed by atoms with E-state index in [1.165, 1.54) is 12.3 Å². The van der Waals surface area contributed by atoms with Crippen LogP contribution in [0.25, 0.3) is 22.0 Å². The van der Waals surface area contributed by atoms with Crippen LogP contribution in [0.5, 0.6) is 0 Å². The van der Waals surface area contributed by atoms with E-state index in [1.54, 1.807) is 24.3 Å². The van der Waals surface area contributed by atoms with Crippen molar-refractivity contribution in [3.05, 3.63) is 62.3 Å². The number of hydrogen-bond acceptors (Lipinski definition) is 3. The molecule has 0 aliphatic carbocycles. The fourth-order valence-electron chi connectivity index (χ4n) is 2.19. The zero-order valence-corrected chi connectivity index (χ0v) is 11.0. The standard InChI is InChI=1S/C14H10ClN3O2/c15-8-1-2-10-9(6-8)12(13(16)14(20)18-10)7-3-4-17-11(19)5-7/h1-6H,16H2,(H,17,19)(H,18,20).